The predicted molar refractivity (Wildman–Crippen MR) is 63.4 cm³/mol. The van der Waals surface area contributed by atoms with Crippen LogP contribution in [-0.4, -0.2) is 31.7 Å². The highest BCUT2D eigenvalue weighted by molar-refractivity contribution is 5.30. The molecule has 16 heavy (non-hydrogen) atoms. The van der Waals surface area contributed by atoms with E-state index in [1.807, 2.05) is 13.8 Å². The van der Waals surface area contributed by atoms with Gasteiger partial charge in [0.25, 0.3) is 0 Å². The van der Waals surface area contributed by atoms with Gasteiger partial charge in [-0.25, -0.2) is 0 Å². The quantitative estimate of drug-likeness (QED) is 0.775. The molecule has 0 heterocycles. The second-order valence-corrected chi connectivity index (χ2v) is 4.04. The van der Waals surface area contributed by atoms with E-state index in [0.717, 1.165) is 5.56 Å². The van der Waals surface area contributed by atoms with Gasteiger partial charge in [0.2, 0.25) is 0 Å². The number of ether oxygens (including phenoxy) is 2. The zero-order valence-electron chi connectivity index (χ0n) is 10.4. The van der Waals surface area contributed by atoms with Crippen LogP contribution in [0.1, 0.15) is 16.7 Å². The third kappa shape index (κ3) is 3.30. The molecule has 0 fully saturated rings. The molecule has 1 aromatic carbocycles. The van der Waals surface area contributed by atoms with E-state index < -0.39 is 12.4 Å². The Bertz CT molecular complexity index is 332. The molecule has 0 aromatic heterocycles. The molecule has 0 aliphatic carbocycles. The fourth-order valence-corrected chi connectivity index (χ4v) is 1.75. The Labute approximate surface area is 97.0 Å². The second-order valence-electron chi connectivity index (χ2n) is 4.04. The van der Waals surface area contributed by atoms with Crippen molar-refractivity contribution in [2.24, 2.45) is 0 Å². The van der Waals surface area contributed by atoms with Crippen molar-refractivity contribution >= 4 is 0 Å². The molecule has 0 saturated heterocycles. The van der Waals surface area contributed by atoms with Gasteiger partial charge >= 0.3 is 0 Å². The first-order valence-electron chi connectivity index (χ1n) is 5.38. The van der Waals surface area contributed by atoms with Gasteiger partial charge in [-0.3, -0.25) is 0 Å². The highest BCUT2D eigenvalue weighted by atomic mass is 16.7. The Morgan fingerprint density at radius 2 is 1.81 bits per heavy atom. The lowest BCUT2D eigenvalue weighted by Crippen LogP contribution is -2.31. The maximum atomic E-state index is 9.93. The van der Waals surface area contributed by atoms with E-state index in [0.29, 0.717) is 6.42 Å². The minimum atomic E-state index is -0.643. The maximum Gasteiger partial charge on any atom is 0.183 e. The van der Waals surface area contributed by atoms with Crippen molar-refractivity contribution in [1.82, 2.24) is 0 Å². The molecule has 1 rings (SSSR count). The summed E-state index contributed by atoms with van der Waals surface area (Å²) in [6, 6.07) is 6.21. The molecule has 1 atom stereocenters. The van der Waals surface area contributed by atoms with Crippen LogP contribution in [0, 0.1) is 13.8 Å². The molecule has 1 N–H and O–H groups in total. The molecular weight excluding hydrogens is 204 g/mol. The Balaban J connectivity index is 2.75. The van der Waals surface area contributed by atoms with Crippen LogP contribution < -0.4 is 0 Å². The number of benzene rings is 1. The summed E-state index contributed by atoms with van der Waals surface area (Å²) in [5.74, 6) is 0. The van der Waals surface area contributed by atoms with Crippen LogP contribution in [-0.2, 0) is 15.9 Å². The summed E-state index contributed by atoms with van der Waals surface area (Å²) < 4.78 is 10.1. The lowest BCUT2D eigenvalue weighted by molar-refractivity contribution is -0.163. The summed E-state index contributed by atoms with van der Waals surface area (Å²) in [7, 11) is 3.06. The van der Waals surface area contributed by atoms with Crippen molar-refractivity contribution in [3.63, 3.8) is 0 Å². The Kier molecular flexibility index (Phi) is 4.93. The molecule has 0 spiro atoms. The molecule has 0 saturated carbocycles. The average Bonchev–Trinajstić information content (AvgIpc) is 2.25. The largest absolute Gasteiger partial charge is 0.387 e. The van der Waals surface area contributed by atoms with Crippen molar-refractivity contribution in [2.75, 3.05) is 14.2 Å². The van der Waals surface area contributed by atoms with E-state index in [2.05, 4.69) is 18.2 Å². The number of aryl methyl sites for hydroxylation is 2. The van der Waals surface area contributed by atoms with Crippen molar-refractivity contribution in [3.8, 4) is 0 Å². The number of aliphatic hydroxyl groups excluding tert-OH is 1. The molecule has 90 valence electrons. The Morgan fingerprint density at radius 1 is 1.19 bits per heavy atom. The fraction of sp³-hybridized carbons (Fsp3) is 0.538. The number of aliphatic hydroxyl groups is 1. The zero-order chi connectivity index (χ0) is 12.1. The van der Waals surface area contributed by atoms with E-state index in [9.17, 15) is 5.11 Å². The molecule has 0 bridgehead atoms. The summed E-state index contributed by atoms with van der Waals surface area (Å²) in [4.78, 5) is 0. The van der Waals surface area contributed by atoms with Gasteiger partial charge in [0.05, 0.1) is 0 Å². The highest BCUT2D eigenvalue weighted by Crippen LogP contribution is 2.15. The van der Waals surface area contributed by atoms with Crippen LogP contribution in [0.4, 0.5) is 0 Å². The van der Waals surface area contributed by atoms with Gasteiger partial charge in [0.1, 0.15) is 6.10 Å². The Hall–Kier alpha value is -0.900. The molecule has 0 amide bonds. The van der Waals surface area contributed by atoms with E-state index in [-0.39, 0.29) is 0 Å². The lowest BCUT2D eigenvalue weighted by atomic mass is 10.00. The van der Waals surface area contributed by atoms with Crippen LogP contribution in [0.25, 0.3) is 0 Å². The van der Waals surface area contributed by atoms with Crippen LogP contribution in [0.5, 0.6) is 0 Å². The van der Waals surface area contributed by atoms with Crippen LogP contribution in [0.15, 0.2) is 18.2 Å². The first-order chi connectivity index (χ1) is 7.58. The van der Waals surface area contributed by atoms with Gasteiger partial charge in [-0.2, -0.15) is 0 Å². The van der Waals surface area contributed by atoms with E-state index in [1.54, 1.807) is 0 Å². The summed E-state index contributed by atoms with van der Waals surface area (Å²) in [6.07, 6.45) is -0.671. The fourth-order valence-electron chi connectivity index (χ4n) is 1.75. The van der Waals surface area contributed by atoms with Gasteiger partial charge in [-0.15, -0.1) is 0 Å². The van der Waals surface area contributed by atoms with E-state index >= 15 is 0 Å². The molecule has 3 nitrogen and oxygen atoms in total. The minimum Gasteiger partial charge on any atom is -0.387 e. The van der Waals surface area contributed by atoms with Gasteiger partial charge in [-0.1, -0.05) is 23.8 Å². The average molecular weight is 224 g/mol. The van der Waals surface area contributed by atoms with Crippen molar-refractivity contribution in [1.29, 1.82) is 0 Å². The van der Waals surface area contributed by atoms with Crippen molar-refractivity contribution < 1.29 is 14.6 Å². The lowest BCUT2D eigenvalue weighted by Gasteiger charge is -2.20. The third-order valence-corrected chi connectivity index (χ3v) is 2.71. The summed E-state index contributed by atoms with van der Waals surface area (Å²) in [6.45, 7) is 4.08. The highest BCUT2D eigenvalue weighted by Gasteiger charge is 2.18. The zero-order valence-corrected chi connectivity index (χ0v) is 10.4. The monoisotopic (exact) mass is 224 g/mol. The smallest absolute Gasteiger partial charge is 0.183 e. The molecule has 1 aromatic rings. The first kappa shape index (κ1) is 13.2. The summed E-state index contributed by atoms with van der Waals surface area (Å²) >= 11 is 0. The molecular formula is C13H20O3. The summed E-state index contributed by atoms with van der Waals surface area (Å²) in [5.41, 5.74) is 3.50. The van der Waals surface area contributed by atoms with Crippen LogP contribution in [0.2, 0.25) is 0 Å². The van der Waals surface area contributed by atoms with Gasteiger partial charge in [-0.05, 0) is 25.0 Å². The third-order valence-electron chi connectivity index (χ3n) is 2.71. The van der Waals surface area contributed by atoms with Crippen LogP contribution in [0.3, 0.4) is 0 Å². The Morgan fingerprint density at radius 3 is 2.38 bits per heavy atom. The SMILES string of the molecule is COC(OC)C(O)Cc1cc(C)ccc1C. The normalized spacial score (nSPS) is 13.1. The van der Waals surface area contributed by atoms with Crippen molar-refractivity contribution in [2.45, 2.75) is 32.7 Å². The van der Waals surface area contributed by atoms with Crippen molar-refractivity contribution in [3.05, 3.63) is 34.9 Å². The van der Waals surface area contributed by atoms with E-state index in [1.165, 1.54) is 25.3 Å². The number of hydrogen-bond acceptors (Lipinski definition) is 3. The molecule has 0 radical (unpaired) electrons. The van der Waals surface area contributed by atoms with Crippen LogP contribution >= 0.6 is 0 Å². The minimum absolute atomic E-state index is 0.542. The molecule has 0 aliphatic heterocycles. The molecule has 0 aliphatic rings. The predicted octanol–water partition coefficient (Wildman–Crippen LogP) is 1.83. The summed E-state index contributed by atoms with van der Waals surface area (Å²) in [5, 5.41) is 9.93. The van der Waals surface area contributed by atoms with E-state index in [4.69, 9.17) is 9.47 Å². The molecule has 1 unspecified atom stereocenters. The second kappa shape index (κ2) is 5.99. The van der Waals surface area contributed by atoms with Gasteiger partial charge < -0.3 is 14.6 Å². The standard InChI is InChI=1S/C13H20O3/c1-9-5-6-10(2)11(7-9)8-12(14)13(15-3)16-4/h5-7,12-14H,8H2,1-4H3. The maximum absolute atomic E-state index is 9.93. The number of methoxy groups -OCH3 is 2. The number of rotatable bonds is 5. The van der Waals surface area contributed by atoms with Gasteiger partial charge in [0, 0.05) is 20.6 Å². The van der Waals surface area contributed by atoms with Gasteiger partial charge in [0.15, 0.2) is 6.29 Å². The molecule has 3 heteroatoms. The number of hydrogen-bond donors (Lipinski definition) is 1. The first-order valence-corrected chi connectivity index (χ1v) is 5.38. The topological polar surface area (TPSA) is 38.7 Å².